The summed E-state index contributed by atoms with van der Waals surface area (Å²) in [5.41, 5.74) is 1.58. The lowest BCUT2D eigenvalue weighted by Gasteiger charge is -2.18. The summed E-state index contributed by atoms with van der Waals surface area (Å²) in [4.78, 5) is 12.6. The molecule has 0 saturated heterocycles. The van der Waals surface area contributed by atoms with Crippen molar-refractivity contribution < 1.29 is 14.3 Å². The molecule has 0 aliphatic carbocycles. The molecular weight excluding hydrogens is 350 g/mol. The summed E-state index contributed by atoms with van der Waals surface area (Å²) in [6.07, 6.45) is 0. The van der Waals surface area contributed by atoms with Crippen LogP contribution in [0, 0.1) is 6.92 Å². The lowest BCUT2D eigenvalue weighted by Crippen LogP contribution is -2.16. The summed E-state index contributed by atoms with van der Waals surface area (Å²) in [6.45, 7) is 2.93. The minimum atomic E-state index is 0.00670. The van der Waals surface area contributed by atoms with E-state index in [0.717, 1.165) is 11.5 Å². The number of aromatic nitrogens is 3. The van der Waals surface area contributed by atoms with Gasteiger partial charge in [-0.25, -0.2) is 0 Å². The lowest BCUT2D eigenvalue weighted by molar-refractivity contribution is 0.102. The SMILES string of the molecule is Cc1nnc(SCC(=O)c2ccc3c(c2)OCCO3)n1-c1ccccc1. The normalized spacial score (nSPS) is 12.8. The monoisotopic (exact) mass is 367 g/mol. The predicted octanol–water partition coefficient (Wildman–Crippen LogP) is 3.32. The molecule has 0 N–H and O–H groups in total. The molecule has 0 amide bonds. The Labute approximate surface area is 155 Å². The number of Topliss-reactive ketones (excluding diaryl/α,β-unsaturated/α-hetero) is 1. The van der Waals surface area contributed by atoms with Gasteiger partial charge in [-0.15, -0.1) is 10.2 Å². The van der Waals surface area contributed by atoms with Gasteiger partial charge >= 0.3 is 0 Å². The van der Waals surface area contributed by atoms with Crippen LogP contribution in [0.25, 0.3) is 5.69 Å². The molecule has 2 heterocycles. The third-order valence-electron chi connectivity index (χ3n) is 4.01. The molecule has 0 unspecified atom stereocenters. The first-order valence-electron chi connectivity index (χ1n) is 8.25. The van der Waals surface area contributed by atoms with Crippen molar-refractivity contribution in [2.24, 2.45) is 0 Å². The number of para-hydroxylation sites is 1. The molecule has 2 aromatic carbocycles. The summed E-state index contributed by atoms with van der Waals surface area (Å²) in [5.74, 6) is 2.36. The molecule has 3 aromatic rings. The number of nitrogens with zero attached hydrogens (tertiary/aromatic N) is 3. The average molecular weight is 367 g/mol. The lowest BCUT2D eigenvalue weighted by atomic mass is 10.1. The number of carbonyl (C=O) groups excluding carboxylic acids is 1. The van der Waals surface area contributed by atoms with Crippen molar-refractivity contribution in [2.75, 3.05) is 19.0 Å². The molecule has 6 nitrogen and oxygen atoms in total. The minimum absolute atomic E-state index is 0.00670. The molecule has 7 heteroatoms. The van der Waals surface area contributed by atoms with Crippen molar-refractivity contribution in [1.29, 1.82) is 0 Å². The zero-order chi connectivity index (χ0) is 17.9. The third-order valence-corrected chi connectivity index (χ3v) is 4.94. The van der Waals surface area contributed by atoms with Gasteiger partial charge in [0.25, 0.3) is 0 Å². The van der Waals surface area contributed by atoms with E-state index in [4.69, 9.17) is 9.47 Å². The van der Waals surface area contributed by atoms with E-state index in [1.54, 1.807) is 18.2 Å². The maximum absolute atomic E-state index is 12.6. The molecule has 1 aromatic heterocycles. The van der Waals surface area contributed by atoms with Crippen LogP contribution in [0.1, 0.15) is 16.2 Å². The summed E-state index contributed by atoms with van der Waals surface area (Å²) in [5, 5.41) is 9.05. The zero-order valence-electron chi connectivity index (χ0n) is 14.2. The average Bonchev–Trinajstić information content (AvgIpc) is 3.06. The fraction of sp³-hybridized carbons (Fsp3) is 0.211. The smallest absolute Gasteiger partial charge is 0.196 e. The number of ketones is 1. The van der Waals surface area contributed by atoms with Crippen molar-refractivity contribution in [2.45, 2.75) is 12.1 Å². The van der Waals surface area contributed by atoms with Gasteiger partial charge in [0, 0.05) is 11.3 Å². The van der Waals surface area contributed by atoms with Crippen LogP contribution in [0.2, 0.25) is 0 Å². The van der Waals surface area contributed by atoms with Crippen LogP contribution in [-0.4, -0.2) is 39.5 Å². The van der Waals surface area contributed by atoms with E-state index in [9.17, 15) is 4.79 Å². The summed E-state index contributed by atoms with van der Waals surface area (Å²) >= 11 is 1.37. The first-order valence-corrected chi connectivity index (χ1v) is 9.24. The highest BCUT2D eigenvalue weighted by molar-refractivity contribution is 7.99. The van der Waals surface area contributed by atoms with Gasteiger partial charge in [0.15, 0.2) is 22.4 Å². The minimum Gasteiger partial charge on any atom is -0.486 e. The third kappa shape index (κ3) is 3.30. The van der Waals surface area contributed by atoms with Crippen molar-refractivity contribution in [3.63, 3.8) is 0 Å². The number of fused-ring (bicyclic) bond motifs is 1. The molecule has 0 radical (unpaired) electrons. The van der Waals surface area contributed by atoms with Crippen LogP contribution in [0.3, 0.4) is 0 Å². The first-order chi connectivity index (χ1) is 12.7. The summed E-state index contributed by atoms with van der Waals surface area (Å²) in [7, 11) is 0. The fourth-order valence-corrected chi connectivity index (χ4v) is 3.63. The molecule has 0 saturated carbocycles. The van der Waals surface area contributed by atoms with Gasteiger partial charge in [-0.2, -0.15) is 0 Å². The number of hydrogen-bond acceptors (Lipinski definition) is 6. The maximum atomic E-state index is 12.6. The topological polar surface area (TPSA) is 66.2 Å². The maximum Gasteiger partial charge on any atom is 0.196 e. The predicted molar refractivity (Wildman–Crippen MR) is 98.6 cm³/mol. The Balaban J connectivity index is 1.51. The van der Waals surface area contributed by atoms with E-state index < -0.39 is 0 Å². The highest BCUT2D eigenvalue weighted by Gasteiger charge is 2.17. The van der Waals surface area contributed by atoms with Gasteiger partial charge in [-0.3, -0.25) is 9.36 Å². The Hall–Kier alpha value is -2.80. The molecular formula is C19H17N3O3S. The summed E-state index contributed by atoms with van der Waals surface area (Å²) < 4.78 is 13.0. The highest BCUT2D eigenvalue weighted by atomic mass is 32.2. The number of hydrogen-bond donors (Lipinski definition) is 0. The molecule has 26 heavy (non-hydrogen) atoms. The quantitative estimate of drug-likeness (QED) is 0.509. The molecule has 0 bridgehead atoms. The summed E-state index contributed by atoms with van der Waals surface area (Å²) in [6, 6.07) is 15.2. The van der Waals surface area contributed by atoms with Crippen molar-refractivity contribution in [1.82, 2.24) is 14.8 Å². The number of thioether (sulfide) groups is 1. The van der Waals surface area contributed by atoms with E-state index in [1.807, 2.05) is 41.8 Å². The van der Waals surface area contributed by atoms with Crippen LogP contribution < -0.4 is 9.47 Å². The zero-order valence-corrected chi connectivity index (χ0v) is 15.0. The number of carbonyl (C=O) groups is 1. The van der Waals surface area contributed by atoms with E-state index in [-0.39, 0.29) is 11.5 Å². The second-order valence-electron chi connectivity index (χ2n) is 5.77. The van der Waals surface area contributed by atoms with Crippen LogP contribution in [0.4, 0.5) is 0 Å². The van der Waals surface area contributed by atoms with Crippen LogP contribution in [0.15, 0.2) is 53.7 Å². The van der Waals surface area contributed by atoms with E-state index in [1.165, 1.54) is 11.8 Å². The molecule has 0 spiro atoms. The van der Waals surface area contributed by atoms with E-state index >= 15 is 0 Å². The number of benzene rings is 2. The number of aryl methyl sites for hydroxylation is 1. The molecule has 0 atom stereocenters. The molecule has 132 valence electrons. The largest absolute Gasteiger partial charge is 0.486 e. The second kappa shape index (κ2) is 7.21. The van der Waals surface area contributed by atoms with Crippen LogP contribution in [-0.2, 0) is 0 Å². The first kappa shape index (κ1) is 16.7. The van der Waals surface area contributed by atoms with Crippen LogP contribution >= 0.6 is 11.8 Å². The van der Waals surface area contributed by atoms with Gasteiger partial charge in [0.2, 0.25) is 0 Å². The van der Waals surface area contributed by atoms with Crippen molar-refractivity contribution >= 4 is 17.5 Å². The Kier molecular flexibility index (Phi) is 4.62. The number of ether oxygens (including phenoxy) is 2. The van der Waals surface area contributed by atoms with E-state index in [2.05, 4.69) is 10.2 Å². The highest BCUT2D eigenvalue weighted by Crippen LogP contribution is 2.31. The fourth-order valence-electron chi connectivity index (χ4n) is 2.74. The van der Waals surface area contributed by atoms with Crippen LogP contribution in [0.5, 0.6) is 11.5 Å². The van der Waals surface area contributed by atoms with Gasteiger partial charge in [-0.05, 0) is 37.3 Å². The van der Waals surface area contributed by atoms with Crippen molar-refractivity contribution in [3.8, 4) is 17.2 Å². The van der Waals surface area contributed by atoms with Gasteiger partial charge in [0.1, 0.15) is 19.0 Å². The Bertz CT molecular complexity index is 940. The Morgan fingerprint density at radius 1 is 1.08 bits per heavy atom. The molecule has 1 aliphatic heterocycles. The van der Waals surface area contributed by atoms with E-state index in [0.29, 0.717) is 35.4 Å². The van der Waals surface area contributed by atoms with Gasteiger partial charge in [-0.1, -0.05) is 30.0 Å². The number of rotatable bonds is 5. The standard InChI is InChI=1S/C19H17N3O3S/c1-13-20-21-19(22(13)15-5-3-2-4-6-15)26-12-16(23)14-7-8-17-18(11-14)25-10-9-24-17/h2-8,11H,9-10,12H2,1H3. The Morgan fingerprint density at radius 2 is 1.85 bits per heavy atom. The van der Waals surface area contributed by atoms with Crippen molar-refractivity contribution in [3.05, 3.63) is 59.9 Å². The molecule has 0 fully saturated rings. The molecule has 4 rings (SSSR count). The van der Waals surface area contributed by atoms with Gasteiger partial charge < -0.3 is 9.47 Å². The Morgan fingerprint density at radius 3 is 2.65 bits per heavy atom. The second-order valence-corrected chi connectivity index (χ2v) is 6.71. The van der Waals surface area contributed by atoms with Gasteiger partial charge in [0.05, 0.1) is 5.75 Å². The molecule has 1 aliphatic rings.